The fourth-order valence-electron chi connectivity index (χ4n) is 2.42. The van der Waals surface area contributed by atoms with Crippen molar-refractivity contribution in [2.24, 2.45) is 11.7 Å². The van der Waals surface area contributed by atoms with Gasteiger partial charge in [-0.25, -0.2) is 8.78 Å². The zero-order valence-electron chi connectivity index (χ0n) is 13.2. The van der Waals surface area contributed by atoms with Gasteiger partial charge in [0.25, 0.3) is 12.3 Å². The summed E-state index contributed by atoms with van der Waals surface area (Å²) in [5, 5.41) is 10.6. The molecule has 0 spiro atoms. The molecule has 134 valence electrons. The lowest BCUT2D eigenvalue weighted by Crippen LogP contribution is -2.47. The molecule has 1 aliphatic carbocycles. The molecule has 0 aliphatic heterocycles. The minimum atomic E-state index is -3.02. The number of hydrogen-bond donors (Lipinski definition) is 3. The largest absolute Gasteiger partial charge is 0.397 e. The molecule has 1 aliphatic rings. The van der Waals surface area contributed by atoms with E-state index in [4.69, 9.17) is 39.1 Å². The highest BCUT2D eigenvalue weighted by Gasteiger charge is 2.32. The maximum absolute atomic E-state index is 12.6. The van der Waals surface area contributed by atoms with E-state index in [-0.39, 0.29) is 5.92 Å². The maximum atomic E-state index is 12.6. The van der Waals surface area contributed by atoms with Gasteiger partial charge in [0.15, 0.2) is 0 Å². The van der Waals surface area contributed by atoms with Crippen LogP contribution in [0.15, 0.2) is 33.5 Å². The van der Waals surface area contributed by atoms with Crippen molar-refractivity contribution in [2.75, 3.05) is 7.11 Å². The molecule has 9 heteroatoms. The molecule has 0 aromatic carbocycles. The predicted molar refractivity (Wildman–Crippen MR) is 90.4 cm³/mol. The van der Waals surface area contributed by atoms with Crippen LogP contribution in [-0.4, -0.2) is 37.8 Å². The van der Waals surface area contributed by atoms with Crippen molar-refractivity contribution in [3.8, 4) is 0 Å². The quantitative estimate of drug-likeness (QED) is 0.467. The summed E-state index contributed by atoms with van der Waals surface area (Å²) in [6.07, 6.45) is 0.842. The number of methoxy groups -OCH3 is 1. The highest BCUT2D eigenvalue weighted by atomic mass is 35.5. The first kappa shape index (κ1) is 20.6. The Labute approximate surface area is 149 Å². The molecule has 4 N–H and O–H groups in total. The molecular formula is C15H19Cl2F2N3O2. The fourth-order valence-corrected chi connectivity index (χ4v) is 3.02. The van der Waals surface area contributed by atoms with E-state index in [1.54, 1.807) is 19.1 Å². The van der Waals surface area contributed by atoms with Crippen molar-refractivity contribution in [1.82, 2.24) is 5.32 Å². The van der Waals surface area contributed by atoms with Gasteiger partial charge in [-0.05, 0) is 19.4 Å². The Morgan fingerprint density at radius 1 is 1.54 bits per heavy atom. The molecule has 24 heavy (non-hydrogen) atoms. The molecule has 0 saturated heterocycles. The number of rotatable bonds is 7. The maximum Gasteiger partial charge on any atom is 0.278 e. The second-order valence-electron chi connectivity index (χ2n) is 5.24. The molecule has 0 fully saturated rings. The zero-order valence-corrected chi connectivity index (χ0v) is 14.7. The molecule has 1 amide bonds. The van der Waals surface area contributed by atoms with Crippen LogP contribution in [0.25, 0.3) is 0 Å². The molecule has 3 atom stereocenters. The summed E-state index contributed by atoms with van der Waals surface area (Å²) in [4.78, 5) is 12.1. The number of nitrogens with two attached hydrogens (primary N) is 1. The first-order valence-corrected chi connectivity index (χ1v) is 7.83. The van der Waals surface area contributed by atoms with Crippen LogP contribution in [0.2, 0.25) is 0 Å². The third kappa shape index (κ3) is 5.03. The van der Waals surface area contributed by atoms with Crippen molar-refractivity contribution in [2.45, 2.75) is 31.9 Å². The van der Waals surface area contributed by atoms with Gasteiger partial charge >= 0.3 is 0 Å². The number of carbonyl (C=O) groups excluding carboxylic acids is 1. The molecule has 0 aromatic rings. The first-order valence-electron chi connectivity index (χ1n) is 7.07. The third-order valence-corrected chi connectivity index (χ3v) is 4.30. The van der Waals surface area contributed by atoms with Gasteiger partial charge in [-0.2, -0.15) is 0 Å². The van der Waals surface area contributed by atoms with Gasteiger partial charge in [0.2, 0.25) is 0 Å². The summed E-state index contributed by atoms with van der Waals surface area (Å²) in [6, 6.07) is -0.569. The summed E-state index contributed by atoms with van der Waals surface area (Å²) < 4.78 is 30.7. The van der Waals surface area contributed by atoms with Crippen molar-refractivity contribution >= 4 is 35.3 Å². The van der Waals surface area contributed by atoms with Crippen molar-refractivity contribution in [3.05, 3.63) is 33.5 Å². The van der Waals surface area contributed by atoms with E-state index >= 15 is 0 Å². The van der Waals surface area contributed by atoms with E-state index in [1.165, 1.54) is 7.11 Å². The average molecular weight is 382 g/mol. The number of hydrogen-bond acceptors (Lipinski definition) is 4. The number of nitrogens with one attached hydrogen (secondary N) is 2. The summed E-state index contributed by atoms with van der Waals surface area (Å²) >= 11 is 12.1. The molecule has 1 rings (SSSR count). The van der Waals surface area contributed by atoms with Crippen LogP contribution in [0.4, 0.5) is 8.78 Å². The third-order valence-electron chi connectivity index (χ3n) is 3.65. The lowest BCUT2D eigenvalue weighted by molar-refractivity contribution is -0.118. The Hall–Kier alpha value is -1.44. The van der Waals surface area contributed by atoms with Crippen LogP contribution in [0.1, 0.15) is 13.3 Å². The Morgan fingerprint density at radius 3 is 2.62 bits per heavy atom. The number of ether oxygens (including phenoxy) is 1. The number of halogens is 4. The molecule has 3 unspecified atom stereocenters. The molecule has 0 saturated carbocycles. The minimum absolute atomic E-state index is 0.241. The Morgan fingerprint density at radius 2 is 2.17 bits per heavy atom. The van der Waals surface area contributed by atoms with Crippen molar-refractivity contribution < 1.29 is 18.3 Å². The second-order valence-corrected chi connectivity index (χ2v) is 6.11. The Bertz CT molecular complexity index is 591. The SMILES string of the molecule is COC(C(C)NC(=O)C(C=N)=C(N)C(F)F)C1CC=C(Cl)C=C1Cl. The lowest BCUT2D eigenvalue weighted by Gasteiger charge is -2.32. The van der Waals surface area contributed by atoms with E-state index in [2.05, 4.69) is 5.32 Å². The van der Waals surface area contributed by atoms with E-state index < -0.39 is 35.7 Å². The van der Waals surface area contributed by atoms with Gasteiger partial charge < -0.3 is 21.2 Å². The Kier molecular flexibility index (Phi) is 7.86. The molecule has 0 bridgehead atoms. The number of alkyl halides is 2. The highest BCUT2D eigenvalue weighted by Crippen LogP contribution is 2.33. The monoisotopic (exact) mass is 381 g/mol. The van der Waals surface area contributed by atoms with Gasteiger partial charge in [0.1, 0.15) is 0 Å². The summed E-state index contributed by atoms with van der Waals surface area (Å²) in [5.41, 5.74) is 3.64. The van der Waals surface area contributed by atoms with Gasteiger partial charge in [-0.1, -0.05) is 29.3 Å². The van der Waals surface area contributed by atoms with Crippen LogP contribution >= 0.6 is 23.2 Å². The van der Waals surface area contributed by atoms with Crippen molar-refractivity contribution in [1.29, 1.82) is 5.41 Å². The van der Waals surface area contributed by atoms with Crippen molar-refractivity contribution in [3.63, 3.8) is 0 Å². The standard InChI is InChI=1S/C15H19Cl2F2N3O2/c1-7(22-15(23)10(6-20)12(21)14(18)19)13(24-2)9-4-3-8(16)5-11(9)17/h3,5-7,9,13-14,20H,4,21H2,1-2H3,(H,22,23). The number of amides is 1. The highest BCUT2D eigenvalue weighted by molar-refractivity contribution is 6.35. The molecule has 0 radical (unpaired) electrons. The van der Waals surface area contributed by atoms with Gasteiger partial charge in [0.05, 0.1) is 23.4 Å². The molecule has 5 nitrogen and oxygen atoms in total. The van der Waals surface area contributed by atoms with Crippen LogP contribution in [-0.2, 0) is 9.53 Å². The van der Waals surface area contributed by atoms with Crippen LogP contribution in [0.3, 0.4) is 0 Å². The lowest BCUT2D eigenvalue weighted by atomic mass is 9.90. The fraction of sp³-hybridized carbons (Fsp3) is 0.467. The summed E-state index contributed by atoms with van der Waals surface area (Å²) in [7, 11) is 1.46. The summed E-state index contributed by atoms with van der Waals surface area (Å²) in [6.45, 7) is 1.65. The van der Waals surface area contributed by atoms with Gasteiger partial charge in [0, 0.05) is 29.3 Å². The molecule has 0 heterocycles. The average Bonchev–Trinajstić information content (AvgIpc) is 2.50. The molecular weight excluding hydrogens is 363 g/mol. The van der Waals surface area contributed by atoms with Crippen LogP contribution in [0.5, 0.6) is 0 Å². The normalized spacial score (nSPS) is 21.4. The zero-order chi connectivity index (χ0) is 18.4. The predicted octanol–water partition coefficient (Wildman–Crippen LogP) is 2.90. The number of carbonyl (C=O) groups is 1. The van der Waals surface area contributed by atoms with Crippen LogP contribution < -0.4 is 11.1 Å². The second kappa shape index (κ2) is 9.15. The van der Waals surface area contributed by atoms with Gasteiger partial charge in [-0.15, -0.1) is 0 Å². The molecule has 0 aromatic heterocycles. The topological polar surface area (TPSA) is 88.2 Å². The van der Waals surface area contributed by atoms with E-state index in [0.29, 0.717) is 22.7 Å². The minimum Gasteiger partial charge on any atom is -0.397 e. The van der Waals surface area contributed by atoms with Gasteiger partial charge in [-0.3, -0.25) is 4.79 Å². The van der Waals surface area contributed by atoms with E-state index in [0.717, 1.165) is 0 Å². The Balaban J connectivity index is 2.90. The van der Waals surface area contributed by atoms with E-state index in [9.17, 15) is 13.6 Å². The van der Waals surface area contributed by atoms with E-state index in [1.807, 2.05) is 0 Å². The smallest absolute Gasteiger partial charge is 0.278 e. The first-order chi connectivity index (χ1) is 11.2. The number of allylic oxidation sites excluding steroid dienone is 4. The summed E-state index contributed by atoms with van der Waals surface area (Å²) in [5.74, 6) is -1.11. The van der Waals surface area contributed by atoms with Crippen LogP contribution in [0, 0.1) is 11.3 Å².